The summed E-state index contributed by atoms with van der Waals surface area (Å²) in [5.74, 6) is -0.487. The number of nitrogens with one attached hydrogen (secondary N) is 1. The first kappa shape index (κ1) is 26.9. The molecule has 2 aliphatic rings. The van der Waals surface area contributed by atoms with E-state index < -0.39 is 11.1 Å². The van der Waals surface area contributed by atoms with Gasteiger partial charge >= 0.3 is 0 Å². The van der Waals surface area contributed by atoms with E-state index in [1.54, 1.807) is 29.2 Å². The topological polar surface area (TPSA) is 96.0 Å². The minimum Gasteiger partial charge on any atom is -0.483 e. The second kappa shape index (κ2) is 12.4. The van der Waals surface area contributed by atoms with E-state index in [4.69, 9.17) is 4.74 Å². The lowest BCUT2D eigenvalue weighted by molar-refractivity contribution is -0.135. The van der Waals surface area contributed by atoms with Crippen molar-refractivity contribution in [2.45, 2.75) is 32.6 Å². The van der Waals surface area contributed by atoms with E-state index in [1.165, 1.54) is 0 Å². The average molecular weight is 587 g/mol. The fourth-order valence-electron chi connectivity index (χ4n) is 4.04. The Hall–Kier alpha value is -3.11. The maximum absolute atomic E-state index is 12.9. The van der Waals surface area contributed by atoms with Crippen molar-refractivity contribution in [3.05, 3.63) is 63.0 Å². The third-order valence-corrected chi connectivity index (χ3v) is 7.60. The summed E-state index contributed by atoms with van der Waals surface area (Å²) in [4.78, 5) is 53.2. The Morgan fingerprint density at radius 3 is 2.43 bits per heavy atom. The number of rotatable bonds is 7. The van der Waals surface area contributed by atoms with E-state index in [0.29, 0.717) is 34.6 Å². The molecule has 10 heteroatoms. The van der Waals surface area contributed by atoms with E-state index in [1.807, 2.05) is 31.2 Å². The molecule has 2 heterocycles. The van der Waals surface area contributed by atoms with Crippen molar-refractivity contribution in [3.63, 3.8) is 0 Å². The van der Waals surface area contributed by atoms with Crippen LogP contribution in [0.4, 0.5) is 10.5 Å². The zero-order valence-corrected chi connectivity index (χ0v) is 22.9. The Bertz CT molecular complexity index is 1220. The fourth-order valence-corrected chi connectivity index (χ4v) is 5.39. The summed E-state index contributed by atoms with van der Waals surface area (Å²) in [6, 6.07) is 12.6. The van der Waals surface area contributed by atoms with Crippen molar-refractivity contribution in [1.29, 1.82) is 0 Å². The molecule has 1 N–H and O–H groups in total. The third-order valence-electron chi connectivity index (χ3n) is 6.07. The maximum Gasteiger partial charge on any atom is 0.294 e. The molecule has 0 bridgehead atoms. The van der Waals surface area contributed by atoms with Gasteiger partial charge in [0.1, 0.15) is 12.3 Å². The summed E-state index contributed by atoms with van der Waals surface area (Å²) < 4.78 is 6.23. The monoisotopic (exact) mass is 585 g/mol. The number of hydrogen-bond donors (Lipinski definition) is 1. The van der Waals surface area contributed by atoms with E-state index in [-0.39, 0.29) is 29.9 Å². The van der Waals surface area contributed by atoms with Crippen molar-refractivity contribution < 1.29 is 23.9 Å². The normalized spacial score (nSPS) is 17.2. The number of amides is 4. The van der Waals surface area contributed by atoms with Gasteiger partial charge in [0.15, 0.2) is 6.61 Å². The molecule has 2 fully saturated rings. The van der Waals surface area contributed by atoms with Gasteiger partial charge in [0, 0.05) is 18.8 Å². The molecule has 0 radical (unpaired) electrons. The van der Waals surface area contributed by atoms with Crippen molar-refractivity contribution in [2.75, 3.05) is 31.6 Å². The van der Waals surface area contributed by atoms with Gasteiger partial charge in [0.25, 0.3) is 17.1 Å². The van der Waals surface area contributed by atoms with Crippen molar-refractivity contribution >= 4 is 62.4 Å². The predicted octanol–water partition coefficient (Wildman–Crippen LogP) is 5.21. The number of nitrogens with zero attached hydrogens (tertiary/aromatic N) is 2. The molecule has 0 atom stereocenters. The molecule has 0 aliphatic carbocycles. The van der Waals surface area contributed by atoms with Crippen LogP contribution < -0.4 is 10.1 Å². The second-order valence-corrected chi connectivity index (χ2v) is 10.8. The van der Waals surface area contributed by atoms with Gasteiger partial charge in [-0.1, -0.05) is 36.6 Å². The van der Waals surface area contributed by atoms with Crippen LogP contribution in [0.3, 0.4) is 0 Å². The number of aryl methyl sites for hydroxylation is 1. The maximum atomic E-state index is 12.9. The Morgan fingerprint density at radius 1 is 1.05 bits per heavy atom. The van der Waals surface area contributed by atoms with Crippen LogP contribution in [-0.2, 0) is 14.4 Å². The van der Waals surface area contributed by atoms with Gasteiger partial charge in [-0.25, -0.2) is 0 Å². The van der Waals surface area contributed by atoms with Crippen molar-refractivity contribution in [3.8, 4) is 5.75 Å². The molecule has 4 rings (SSSR count). The van der Waals surface area contributed by atoms with Gasteiger partial charge < -0.3 is 15.0 Å². The Kier molecular flexibility index (Phi) is 9.04. The Morgan fingerprint density at radius 2 is 1.76 bits per heavy atom. The lowest BCUT2D eigenvalue weighted by Gasteiger charge is -2.22. The van der Waals surface area contributed by atoms with Crippen LogP contribution in [-0.4, -0.2) is 59.0 Å². The summed E-state index contributed by atoms with van der Waals surface area (Å²) >= 11 is 4.26. The lowest BCUT2D eigenvalue weighted by atomic mass is 10.2. The van der Waals surface area contributed by atoms with E-state index >= 15 is 0 Å². The minimum absolute atomic E-state index is 0.171. The van der Waals surface area contributed by atoms with Gasteiger partial charge in [0.05, 0.1) is 9.38 Å². The van der Waals surface area contributed by atoms with Gasteiger partial charge in [-0.2, -0.15) is 0 Å². The standard InChI is InChI=1S/C27H28BrN3O5S/c1-18-6-9-20(10-7-18)29-24(32)17-36-22-11-8-19(14-21(22)28)15-23-26(34)31(27(35)37-23)16-25(33)30-12-4-2-3-5-13-30/h6-11,14-15H,2-5,12-13,16-17H2,1H3,(H,29,32). The van der Waals surface area contributed by atoms with E-state index in [2.05, 4.69) is 21.2 Å². The third kappa shape index (κ3) is 7.23. The smallest absolute Gasteiger partial charge is 0.294 e. The molecule has 2 aromatic carbocycles. The van der Waals surface area contributed by atoms with E-state index in [0.717, 1.165) is 47.9 Å². The minimum atomic E-state index is -0.470. The Balaban J connectivity index is 1.34. The van der Waals surface area contributed by atoms with Crippen LogP contribution in [0.5, 0.6) is 5.75 Å². The number of imide groups is 1. The highest BCUT2D eigenvalue weighted by atomic mass is 79.9. The largest absolute Gasteiger partial charge is 0.483 e. The summed E-state index contributed by atoms with van der Waals surface area (Å²) in [5, 5.41) is 2.33. The van der Waals surface area contributed by atoms with Gasteiger partial charge in [0.2, 0.25) is 5.91 Å². The number of benzene rings is 2. The molecule has 0 spiro atoms. The summed E-state index contributed by atoms with van der Waals surface area (Å²) in [6.45, 7) is 2.90. The Labute approximate surface area is 228 Å². The number of likely N-dealkylation sites (tertiary alicyclic amines) is 1. The van der Waals surface area contributed by atoms with Crippen LogP contribution in [0.15, 0.2) is 51.8 Å². The van der Waals surface area contributed by atoms with Crippen LogP contribution in [0.2, 0.25) is 0 Å². The highest BCUT2D eigenvalue weighted by Gasteiger charge is 2.37. The first-order chi connectivity index (χ1) is 17.8. The molecule has 0 aromatic heterocycles. The van der Waals surface area contributed by atoms with Crippen molar-refractivity contribution in [1.82, 2.24) is 9.80 Å². The molecular weight excluding hydrogens is 558 g/mol. The molecule has 0 saturated carbocycles. The average Bonchev–Trinajstić information content (AvgIpc) is 3.05. The fraction of sp³-hybridized carbons (Fsp3) is 0.333. The first-order valence-electron chi connectivity index (χ1n) is 12.1. The van der Waals surface area contributed by atoms with Crippen LogP contribution in [0, 0.1) is 6.92 Å². The second-order valence-electron chi connectivity index (χ2n) is 8.96. The number of anilines is 1. The quantitative estimate of drug-likeness (QED) is 0.448. The lowest BCUT2D eigenvalue weighted by Crippen LogP contribution is -2.42. The van der Waals surface area contributed by atoms with Crippen LogP contribution >= 0.6 is 27.7 Å². The molecule has 8 nitrogen and oxygen atoms in total. The number of hydrogen-bond acceptors (Lipinski definition) is 6. The molecule has 2 saturated heterocycles. The van der Waals surface area contributed by atoms with E-state index in [9.17, 15) is 19.2 Å². The number of thioether (sulfide) groups is 1. The zero-order valence-electron chi connectivity index (χ0n) is 20.5. The molecule has 2 aromatic rings. The molecular formula is C27H28BrN3O5S. The molecule has 37 heavy (non-hydrogen) atoms. The molecule has 0 unspecified atom stereocenters. The van der Waals surface area contributed by atoms with Crippen LogP contribution in [0.1, 0.15) is 36.8 Å². The molecule has 194 valence electrons. The first-order valence-corrected chi connectivity index (χ1v) is 13.7. The number of halogens is 1. The van der Waals surface area contributed by atoms with Gasteiger partial charge in [-0.05, 0) is 83.4 Å². The number of carbonyl (C=O) groups is 4. The SMILES string of the molecule is Cc1ccc(NC(=O)COc2ccc(C=C3SC(=O)N(CC(=O)N4CCCCCC4)C3=O)cc2Br)cc1. The summed E-state index contributed by atoms with van der Waals surface area (Å²) in [6.07, 6.45) is 5.68. The molecule has 2 aliphatic heterocycles. The number of carbonyl (C=O) groups excluding carboxylic acids is 4. The summed E-state index contributed by atoms with van der Waals surface area (Å²) in [5.41, 5.74) is 2.47. The number of ether oxygens (including phenoxy) is 1. The highest BCUT2D eigenvalue weighted by molar-refractivity contribution is 9.10. The van der Waals surface area contributed by atoms with Gasteiger partial charge in [-0.15, -0.1) is 0 Å². The zero-order chi connectivity index (χ0) is 26.4. The van der Waals surface area contributed by atoms with Crippen LogP contribution in [0.25, 0.3) is 6.08 Å². The van der Waals surface area contributed by atoms with Crippen molar-refractivity contribution in [2.24, 2.45) is 0 Å². The highest BCUT2D eigenvalue weighted by Crippen LogP contribution is 2.34. The summed E-state index contributed by atoms with van der Waals surface area (Å²) in [7, 11) is 0. The van der Waals surface area contributed by atoms with Gasteiger partial charge in [-0.3, -0.25) is 24.1 Å². The predicted molar refractivity (Wildman–Crippen MR) is 147 cm³/mol. The molecule has 4 amide bonds.